The highest BCUT2D eigenvalue weighted by atomic mass is 35.5. The zero-order valence-electron chi connectivity index (χ0n) is 18.9. The van der Waals surface area contributed by atoms with Crippen molar-refractivity contribution >= 4 is 47.1 Å². The van der Waals surface area contributed by atoms with Gasteiger partial charge in [-0.25, -0.2) is 9.59 Å². The SMILES string of the molecule is CC(=O)N[C@H]1[C@H]2[C@H](C(=O)O)[C@H]2[C@](NC(=O)OC(C)(C)C)(C(=O)O)[C@@H]1OCc1ccc(Cl)c(Cl)c1. The van der Waals surface area contributed by atoms with Crippen molar-refractivity contribution in [1.29, 1.82) is 0 Å². The second-order valence-electron chi connectivity index (χ2n) is 9.47. The molecule has 34 heavy (non-hydrogen) atoms. The largest absolute Gasteiger partial charge is 0.481 e. The molecule has 186 valence electrons. The van der Waals surface area contributed by atoms with Crippen LogP contribution in [0.2, 0.25) is 10.0 Å². The average Bonchev–Trinajstić information content (AvgIpc) is 3.37. The van der Waals surface area contributed by atoms with Gasteiger partial charge in [-0.15, -0.1) is 0 Å². The second-order valence-corrected chi connectivity index (χ2v) is 10.3. The minimum atomic E-state index is -2.17. The molecule has 0 aliphatic heterocycles. The molecule has 0 aromatic heterocycles. The lowest BCUT2D eigenvalue weighted by Crippen LogP contribution is -2.67. The average molecular weight is 517 g/mol. The van der Waals surface area contributed by atoms with E-state index in [1.165, 1.54) is 13.0 Å². The molecule has 0 heterocycles. The van der Waals surface area contributed by atoms with Crippen LogP contribution in [0.4, 0.5) is 4.79 Å². The predicted molar refractivity (Wildman–Crippen MR) is 120 cm³/mol. The minimum absolute atomic E-state index is 0.139. The van der Waals surface area contributed by atoms with E-state index in [1.807, 2.05) is 0 Å². The van der Waals surface area contributed by atoms with Crippen molar-refractivity contribution in [3.63, 3.8) is 0 Å². The molecule has 0 spiro atoms. The Kier molecular flexibility index (Phi) is 7.08. The Labute approximate surface area is 205 Å². The quantitative estimate of drug-likeness (QED) is 0.431. The van der Waals surface area contributed by atoms with Crippen LogP contribution in [-0.4, -0.2) is 57.4 Å². The number of carbonyl (C=O) groups excluding carboxylic acids is 2. The third-order valence-electron chi connectivity index (χ3n) is 5.92. The summed E-state index contributed by atoms with van der Waals surface area (Å²) >= 11 is 12.0. The number of hydrogen-bond donors (Lipinski definition) is 4. The summed E-state index contributed by atoms with van der Waals surface area (Å²) in [5.74, 6) is -6.14. The molecule has 2 fully saturated rings. The summed E-state index contributed by atoms with van der Waals surface area (Å²) < 4.78 is 11.2. The van der Waals surface area contributed by atoms with E-state index >= 15 is 0 Å². The van der Waals surface area contributed by atoms with Crippen LogP contribution in [0.1, 0.15) is 33.3 Å². The Morgan fingerprint density at radius 3 is 2.26 bits per heavy atom. The maximum atomic E-state index is 12.7. The standard InChI is InChI=1S/C22H26Cl2N2O8/c1-9(27)25-16-13-14(18(28)29)15(13)22(19(30)31,26-20(32)34-21(2,3)4)17(16)33-8-10-5-6-11(23)12(24)7-10/h5-7,13-17H,8H2,1-4H3,(H,25,27)(H,26,32)(H,28,29)(H,30,31)/t13-,14-,15-,16-,17+,22+/m0/s1. The van der Waals surface area contributed by atoms with Crippen LogP contribution in [0.25, 0.3) is 0 Å². The Morgan fingerprint density at radius 1 is 1.12 bits per heavy atom. The minimum Gasteiger partial charge on any atom is -0.481 e. The van der Waals surface area contributed by atoms with Gasteiger partial charge in [0, 0.05) is 18.8 Å². The van der Waals surface area contributed by atoms with Gasteiger partial charge in [0.2, 0.25) is 5.91 Å². The van der Waals surface area contributed by atoms with Gasteiger partial charge >= 0.3 is 18.0 Å². The van der Waals surface area contributed by atoms with E-state index in [2.05, 4.69) is 10.6 Å². The third-order valence-corrected chi connectivity index (χ3v) is 6.66. The summed E-state index contributed by atoms with van der Waals surface area (Å²) in [6.45, 7) is 5.90. The first kappa shape index (κ1) is 26.1. The van der Waals surface area contributed by atoms with Crippen LogP contribution in [-0.2, 0) is 30.5 Å². The van der Waals surface area contributed by atoms with Crippen LogP contribution >= 0.6 is 23.2 Å². The van der Waals surface area contributed by atoms with E-state index in [0.717, 1.165) is 0 Å². The van der Waals surface area contributed by atoms with Gasteiger partial charge in [-0.2, -0.15) is 0 Å². The van der Waals surface area contributed by atoms with Crippen LogP contribution in [0.15, 0.2) is 18.2 Å². The highest BCUT2D eigenvalue weighted by Crippen LogP contribution is 2.63. The molecule has 3 rings (SSSR count). The zero-order chi connectivity index (χ0) is 25.6. The van der Waals surface area contributed by atoms with E-state index in [4.69, 9.17) is 32.7 Å². The first-order valence-corrected chi connectivity index (χ1v) is 11.2. The number of rotatable bonds is 7. The van der Waals surface area contributed by atoms with E-state index < -0.39 is 65.0 Å². The summed E-state index contributed by atoms with van der Waals surface area (Å²) in [6.07, 6.45) is -2.35. The molecule has 0 unspecified atom stereocenters. The van der Waals surface area contributed by atoms with E-state index in [9.17, 15) is 29.4 Å². The van der Waals surface area contributed by atoms with Gasteiger partial charge < -0.3 is 30.3 Å². The summed E-state index contributed by atoms with van der Waals surface area (Å²) in [4.78, 5) is 49.2. The molecule has 0 saturated heterocycles. The fraction of sp³-hybridized carbons (Fsp3) is 0.545. The van der Waals surface area contributed by atoms with Crippen molar-refractivity contribution < 1.29 is 38.9 Å². The van der Waals surface area contributed by atoms with Crippen molar-refractivity contribution in [2.75, 3.05) is 0 Å². The first-order valence-electron chi connectivity index (χ1n) is 10.5. The fourth-order valence-electron chi connectivity index (χ4n) is 4.76. The number of benzene rings is 1. The zero-order valence-corrected chi connectivity index (χ0v) is 20.4. The van der Waals surface area contributed by atoms with E-state index in [1.54, 1.807) is 32.9 Å². The number of carboxylic acids is 2. The molecule has 6 atom stereocenters. The Bertz CT molecular complexity index is 1030. The number of carbonyl (C=O) groups is 4. The van der Waals surface area contributed by atoms with Crippen molar-refractivity contribution in [1.82, 2.24) is 10.6 Å². The smallest absolute Gasteiger partial charge is 0.408 e. The van der Waals surface area contributed by atoms with Gasteiger partial charge in [0.15, 0.2) is 5.54 Å². The topological polar surface area (TPSA) is 151 Å². The maximum Gasteiger partial charge on any atom is 0.408 e. The van der Waals surface area contributed by atoms with Gasteiger partial charge in [0.1, 0.15) is 11.7 Å². The molecule has 2 amide bonds. The van der Waals surface area contributed by atoms with Crippen LogP contribution in [0.3, 0.4) is 0 Å². The number of aliphatic carboxylic acids is 2. The maximum absolute atomic E-state index is 12.7. The molecule has 0 bridgehead atoms. The molecule has 2 aliphatic rings. The fourth-order valence-corrected chi connectivity index (χ4v) is 5.08. The normalized spacial score (nSPS) is 29.6. The molecule has 1 aromatic carbocycles. The van der Waals surface area contributed by atoms with Crippen LogP contribution in [0.5, 0.6) is 0 Å². The molecular formula is C22H26Cl2N2O8. The lowest BCUT2D eigenvalue weighted by Gasteiger charge is -2.38. The summed E-state index contributed by atoms with van der Waals surface area (Å²) in [5.41, 5.74) is -2.55. The van der Waals surface area contributed by atoms with Crippen molar-refractivity contribution in [2.45, 2.75) is 57.6 Å². The van der Waals surface area contributed by atoms with Gasteiger partial charge in [-0.3, -0.25) is 9.59 Å². The lowest BCUT2D eigenvalue weighted by molar-refractivity contribution is -0.157. The van der Waals surface area contributed by atoms with E-state index in [-0.39, 0.29) is 11.6 Å². The third kappa shape index (κ3) is 4.94. The number of alkyl carbamates (subject to hydrolysis) is 1. The van der Waals surface area contributed by atoms with Crippen molar-refractivity contribution in [3.8, 4) is 0 Å². The summed E-state index contributed by atoms with van der Waals surface area (Å²) in [5, 5.41) is 25.6. The molecular weight excluding hydrogens is 491 g/mol. The van der Waals surface area contributed by atoms with Crippen molar-refractivity contribution in [3.05, 3.63) is 33.8 Å². The second kappa shape index (κ2) is 9.24. The molecule has 0 radical (unpaired) electrons. The highest BCUT2D eigenvalue weighted by molar-refractivity contribution is 6.42. The van der Waals surface area contributed by atoms with Gasteiger partial charge in [0.05, 0.1) is 28.6 Å². The van der Waals surface area contributed by atoms with Crippen molar-refractivity contribution in [2.24, 2.45) is 17.8 Å². The van der Waals surface area contributed by atoms with Gasteiger partial charge in [0.25, 0.3) is 0 Å². The number of amides is 2. The Hall–Kier alpha value is -2.56. The summed E-state index contributed by atoms with van der Waals surface area (Å²) in [6, 6.07) is 3.72. The van der Waals surface area contributed by atoms with E-state index in [0.29, 0.717) is 10.6 Å². The molecule has 2 saturated carbocycles. The highest BCUT2D eigenvalue weighted by Gasteiger charge is 2.80. The number of halogens is 2. The van der Waals surface area contributed by atoms with Gasteiger partial charge in [-0.1, -0.05) is 29.3 Å². The number of nitrogens with one attached hydrogen (secondary N) is 2. The van der Waals surface area contributed by atoms with Crippen LogP contribution in [0, 0.1) is 17.8 Å². The molecule has 12 heteroatoms. The predicted octanol–water partition coefficient (Wildman–Crippen LogP) is 2.69. The Morgan fingerprint density at radius 2 is 1.76 bits per heavy atom. The lowest BCUT2D eigenvalue weighted by atomic mass is 9.85. The number of hydrogen-bond acceptors (Lipinski definition) is 6. The molecule has 4 N–H and O–H groups in total. The van der Waals surface area contributed by atoms with Gasteiger partial charge in [-0.05, 0) is 38.5 Å². The monoisotopic (exact) mass is 516 g/mol. The number of fused-ring (bicyclic) bond motifs is 1. The first-order chi connectivity index (χ1) is 15.7. The summed E-state index contributed by atoms with van der Waals surface area (Å²) in [7, 11) is 0. The number of ether oxygens (including phenoxy) is 2. The van der Waals surface area contributed by atoms with Crippen LogP contribution < -0.4 is 10.6 Å². The molecule has 10 nitrogen and oxygen atoms in total. The molecule has 1 aromatic rings. The number of carboxylic acid groups (broad SMARTS) is 2. The molecule has 2 aliphatic carbocycles. The Balaban J connectivity index is 2.01.